The summed E-state index contributed by atoms with van der Waals surface area (Å²) < 4.78 is 63.6. The predicted octanol–water partition coefficient (Wildman–Crippen LogP) is 0.982. The molecular weight excluding hydrogens is 310 g/mol. The van der Waals surface area contributed by atoms with E-state index in [0.717, 1.165) is 6.07 Å². The van der Waals surface area contributed by atoms with Crippen molar-refractivity contribution in [3.05, 3.63) is 23.8 Å². The van der Waals surface area contributed by atoms with Crippen molar-refractivity contribution in [2.24, 2.45) is 0 Å². The first-order valence-electron chi connectivity index (χ1n) is 5.71. The molecule has 0 aromatic heterocycles. The summed E-state index contributed by atoms with van der Waals surface area (Å²) in [6.07, 6.45) is 1.82. The molecule has 0 aliphatic carbocycles. The van der Waals surface area contributed by atoms with Gasteiger partial charge >= 0.3 is 0 Å². The minimum absolute atomic E-state index is 0.0288. The Morgan fingerprint density at radius 1 is 1.40 bits per heavy atom. The molecule has 2 atom stereocenters. The minimum Gasteiger partial charge on any atom is -0.399 e. The molecule has 2 unspecified atom stereocenters. The molecule has 0 heterocycles. The second-order valence-corrected chi connectivity index (χ2v) is 7.85. The molecule has 0 saturated carbocycles. The van der Waals surface area contributed by atoms with E-state index in [1.165, 1.54) is 6.26 Å². The van der Waals surface area contributed by atoms with Crippen LogP contribution in [0.2, 0.25) is 0 Å². The van der Waals surface area contributed by atoms with Crippen LogP contribution in [0.1, 0.15) is 13.3 Å². The lowest BCUT2D eigenvalue weighted by molar-refractivity contribution is 0.483. The van der Waals surface area contributed by atoms with E-state index in [1.54, 1.807) is 6.92 Å². The van der Waals surface area contributed by atoms with Gasteiger partial charge < -0.3 is 5.73 Å². The van der Waals surface area contributed by atoms with Gasteiger partial charge in [-0.3, -0.25) is 4.21 Å². The highest BCUT2D eigenvalue weighted by atomic mass is 32.2. The maximum absolute atomic E-state index is 13.5. The SMILES string of the molecule is CC(CCNS(=O)(=O)c1cc(N)cc(F)c1F)S(C)=O. The average molecular weight is 326 g/mol. The lowest BCUT2D eigenvalue weighted by Gasteiger charge is -2.11. The van der Waals surface area contributed by atoms with Gasteiger partial charge in [0.15, 0.2) is 11.6 Å². The summed E-state index contributed by atoms with van der Waals surface area (Å²) in [6, 6.07) is 1.55. The quantitative estimate of drug-likeness (QED) is 0.763. The fraction of sp³-hybridized carbons (Fsp3) is 0.455. The molecule has 0 fully saturated rings. The molecule has 0 bridgehead atoms. The second-order valence-electron chi connectivity index (χ2n) is 4.31. The molecule has 9 heteroatoms. The van der Waals surface area contributed by atoms with Crippen molar-refractivity contribution < 1.29 is 21.4 Å². The molecule has 1 aromatic carbocycles. The summed E-state index contributed by atoms with van der Waals surface area (Å²) in [5, 5.41) is -0.208. The van der Waals surface area contributed by atoms with Crippen LogP contribution in [0, 0.1) is 11.6 Å². The van der Waals surface area contributed by atoms with Gasteiger partial charge in [0.2, 0.25) is 10.0 Å². The Labute approximate surface area is 119 Å². The van der Waals surface area contributed by atoms with Crippen LogP contribution in [0.3, 0.4) is 0 Å². The summed E-state index contributed by atoms with van der Waals surface area (Å²) in [6.45, 7) is 1.67. The zero-order chi connectivity index (χ0) is 15.5. The number of hydrogen-bond acceptors (Lipinski definition) is 4. The fourth-order valence-electron chi connectivity index (χ4n) is 1.42. The van der Waals surface area contributed by atoms with Crippen LogP contribution in [0.25, 0.3) is 0 Å². The van der Waals surface area contributed by atoms with Crippen LogP contribution in [0.15, 0.2) is 17.0 Å². The van der Waals surface area contributed by atoms with Gasteiger partial charge in [-0.25, -0.2) is 21.9 Å². The van der Waals surface area contributed by atoms with Crippen LogP contribution in [-0.4, -0.2) is 30.7 Å². The van der Waals surface area contributed by atoms with Crippen molar-refractivity contribution in [1.82, 2.24) is 4.72 Å². The highest BCUT2D eigenvalue weighted by Crippen LogP contribution is 2.20. The van der Waals surface area contributed by atoms with Crippen molar-refractivity contribution in [2.75, 3.05) is 18.5 Å². The Kier molecular flexibility index (Phi) is 5.60. The largest absolute Gasteiger partial charge is 0.399 e. The summed E-state index contributed by atoms with van der Waals surface area (Å²) in [5.41, 5.74) is 5.11. The summed E-state index contributed by atoms with van der Waals surface area (Å²) in [4.78, 5) is -0.833. The van der Waals surface area contributed by atoms with Gasteiger partial charge in [0.25, 0.3) is 0 Å². The first-order chi connectivity index (χ1) is 9.15. The second kappa shape index (κ2) is 6.59. The highest BCUT2D eigenvalue weighted by Gasteiger charge is 2.22. The van der Waals surface area contributed by atoms with E-state index in [9.17, 15) is 21.4 Å². The Hall–Kier alpha value is -1.06. The van der Waals surface area contributed by atoms with Crippen LogP contribution in [0.4, 0.5) is 14.5 Å². The zero-order valence-electron chi connectivity index (χ0n) is 11.0. The summed E-state index contributed by atoms with van der Waals surface area (Å²) in [5.74, 6) is -2.80. The molecule has 3 N–H and O–H groups in total. The predicted molar refractivity (Wildman–Crippen MR) is 74.1 cm³/mol. The Morgan fingerprint density at radius 2 is 2.00 bits per heavy atom. The van der Waals surface area contributed by atoms with Crippen LogP contribution >= 0.6 is 0 Å². The minimum atomic E-state index is -4.20. The number of sulfonamides is 1. The van der Waals surface area contributed by atoms with Crippen LogP contribution in [0.5, 0.6) is 0 Å². The number of nitrogens with one attached hydrogen (secondary N) is 1. The molecule has 0 aliphatic heterocycles. The summed E-state index contributed by atoms with van der Waals surface area (Å²) >= 11 is 0. The van der Waals surface area contributed by atoms with Crippen molar-refractivity contribution in [2.45, 2.75) is 23.5 Å². The third-order valence-electron chi connectivity index (χ3n) is 2.72. The number of nitrogen functional groups attached to an aromatic ring is 1. The zero-order valence-corrected chi connectivity index (χ0v) is 12.7. The van der Waals surface area contributed by atoms with E-state index in [1.807, 2.05) is 0 Å². The van der Waals surface area contributed by atoms with Gasteiger partial charge in [-0.15, -0.1) is 0 Å². The lowest BCUT2D eigenvalue weighted by Crippen LogP contribution is -2.28. The van der Waals surface area contributed by atoms with E-state index in [2.05, 4.69) is 4.72 Å². The standard InChI is InChI=1S/C11H16F2N2O3S2/c1-7(19(2)16)3-4-15-20(17,18)10-6-8(14)5-9(12)11(10)13/h5-7,15H,3-4,14H2,1-2H3. The molecular formula is C11H16F2N2O3S2. The topological polar surface area (TPSA) is 89.3 Å². The van der Waals surface area contributed by atoms with Crippen molar-refractivity contribution >= 4 is 26.5 Å². The first kappa shape index (κ1) is 17.0. The molecule has 1 rings (SSSR count). The van der Waals surface area contributed by atoms with E-state index in [4.69, 9.17) is 5.73 Å². The Morgan fingerprint density at radius 3 is 2.55 bits per heavy atom. The van der Waals surface area contributed by atoms with Crippen LogP contribution < -0.4 is 10.5 Å². The molecule has 0 amide bonds. The maximum atomic E-state index is 13.5. The van der Waals surface area contributed by atoms with E-state index >= 15 is 0 Å². The molecule has 5 nitrogen and oxygen atoms in total. The number of nitrogens with two attached hydrogens (primary N) is 1. The number of halogens is 2. The molecule has 20 heavy (non-hydrogen) atoms. The molecule has 0 saturated heterocycles. The van der Waals surface area contributed by atoms with E-state index < -0.39 is 37.4 Å². The average Bonchev–Trinajstić information content (AvgIpc) is 2.33. The smallest absolute Gasteiger partial charge is 0.243 e. The molecule has 1 aromatic rings. The van der Waals surface area contributed by atoms with Gasteiger partial charge in [0.05, 0.1) is 0 Å². The third-order valence-corrected chi connectivity index (χ3v) is 5.55. The normalized spacial score (nSPS) is 15.0. The number of benzene rings is 1. The first-order valence-corrected chi connectivity index (χ1v) is 8.82. The van der Waals surface area contributed by atoms with Crippen molar-refractivity contribution in [3.63, 3.8) is 0 Å². The number of hydrogen-bond donors (Lipinski definition) is 2. The monoisotopic (exact) mass is 326 g/mol. The Balaban J connectivity index is 2.87. The number of anilines is 1. The van der Waals surface area contributed by atoms with Gasteiger partial charge in [0.1, 0.15) is 4.90 Å². The van der Waals surface area contributed by atoms with E-state index in [-0.39, 0.29) is 17.5 Å². The van der Waals surface area contributed by atoms with Gasteiger partial charge in [-0.1, -0.05) is 6.92 Å². The fourth-order valence-corrected chi connectivity index (χ4v) is 3.04. The van der Waals surface area contributed by atoms with Gasteiger partial charge in [-0.2, -0.15) is 0 Å². The molecule has 114 valence electrons. The number of rotatable bonds is 6. The highest BCUT2D eigenvalue weighted by molar-refractivity contribution is 7.89. The van der Waals surface area contributed by atoms with Crippen molar-refractivity contribution in [3.8, 4) is 0 Å². The molecule has 0 radical (unpaired) electrons. The summed E-state index contributed by atoms with van der Waals surface area (Å²) in [7, 11) is -5.28. The van der Waals surface area contributed by atoms with Crippen LogP contribution in [-0.2, 0) is 20.8 Å². The maximum Gasteiger partial charge on any atom is 0.243 e. The Bertz CT molecular complexity index is 620. The van der Waals surface area contributed by atoms with Crippen molar-refractivity contribution in [1.29, 1.82) is 0 Å². The van der Waals surface area contributed by atoms with E-state index in [0.29, 0.717) is 12.5 Å². The lowest BCUT2D eigenvalue weighted by atomic mass is 10.3. The molecule has 0 aliphatic rings. The van der Waals surface area contributed by atoms with Gasteiger partial charge in [-0.05, 0) is 18.6 Å². The third kappa shape index (κ3) is 4.22. The molecule has 0 spiro atoms. The van der Waals surface area contributed by atoms with Gasteiger partial charge in [0, 0.05) is 34.5 Å².